The predicted octanol–water partition coefficient (Wildman–Crippen LogP) is 2.44. The van der Waals surface area contributed by atoms with E-state index in [0.717, 1.165) is 12.2 Å². The number of sulfonamides is 1. The third-order valence-corrected chi connectivity index (χ3v) is 4.68. The van der Waals surface area contributed by atoms with E-state index in [1.807, 2.05) is 0 Å². The van der Waals surface area contributed by atoms with E-state index in [9.17, 15) is 8.42 Å². The molecule has 3 N–H and O–H groups in total. The minimum Gasteiger partial charge on any atom is -0.397 e. The molecule has 0 bridgehead atoms. The van der Waals surface area contributed by atoms with Gasteiger partial charge in [0.15, 0.2) is 0 Å². The zero-order chi connectivity index (χ0) is 16.2. The Morgan fingerprint density at radius 1 is 1.24 bits per heavy atom. The van der Waals surface area contributed by atoms with Crippen LogP contribution in [0.1, 0.15) is 34.6 Å². The van der Waals surface area contributed by atoms with Crippen LogP contribution in [0.5, 0.6) is 0 Å². The lowest BCUT2D eigenvalue weighted by atomic mass is 10.1. The second-order valence-corrected chi connectivity index (χ2v) is 7.63. The first-order valence-electron chi connectivity index (χ1n) is 7.34. The number of hydrogen-bond acceptors (Lipinski definition) is 4. The van der Waals surface area contributed by atoms with Crippen molar-refractivity contribution in [3.8, 4) is 0 Å². The smallest absolute Gasteiger partial charge is 0.240 e. The predicted molar refractivity (Wildman–Crippen MR) is 89.0 cm³/mol. The Hall–Kier alpha value is -1.27. The van der Waals surface area contributed by atoms with Crippen LogP contribution in [-0.4, -0.2) is 27.5 Å². The molecule has 0 spiro atoms. The number of hydrogen-bond donors (Lipinski definition) is 2. The highest BCUT2D eigenvalue weighted by Gasteiger charge is 2.19. The first kappa shape index (κ1) is 17.8. The molecular formula is C15H27N3O2S. The van der Waals surface area contributed by atoms with Crippen LogP contribution in [0.25, 0.3) is 0 Å². The van der Waals surface area contributed by atoms with Gasteiger partial charge in [0, 0.05) is 19.1 Å². The molecule has 0 aliphatic rings. The maximum absolute atomic E-state index is 12.1. The summed E-state index contributed by atoms with van der Waals surface area (Å²) in [6.07, 6.45) is 0. The van der Waals surface area contributed by atoms with Crippen LogP contribution in [0.3, 0.4) is 0 Å². The van der Waals surface area contributed by atoms with Crippen molar-refractivity contribution in [1.29, 1.82) is 0 Å². The summed E-state index contributed by atoms with van der Waals surface area (Å²) >= 11 is 0. The summed E-state index contributed by atoms with van der Waals surface area (Å²) in [4.78, 5) is 2.40. The number of benzene rings is 1. The van der Waals surface area contributed by atoms with Crippen LogP contribution in [0, 0.1) is 5.92 Å². The van der Waals surface area contributed by atoms with Gasteiger partial charge in [0.25, 0.3) is 0 Å². The lowest BCUT2D eigenvalue weighted by Gasteiger charge is -2.32. The number of anilines is 2. The standard InChI is InChI=1S/C15H27N3O2S/c1-6-17-21(19,20)13-7-8-14(16)15(9-13)18(12(4)5)10-11(2)3/h7-9,11-12,17H,6,10,16H2,1-5H3. The first-order valence-corrected chi connectivity index (χ1v) is 8.83. The Bertz CT molecular complexity index is 568. The number of nitrogen functional groups attached to an aromatic ring is 1. The summed E-state index contributed by atoms with van der Waals surface area (Å²) in [5.41, 5.74) is 7.44. The maximum atomic E-state index is 12.1. The molecule has 0 saturated heterocycles. The minimum absolute atomic E-state index is 0.242. The van der Waals surface area contributed by atoms with Gasteiger partial charge in [-0.25, -0.2) is 13.1 Å². The first-order chi connectivity index (χ1) is 9.69. The quantitative estimate of drug-likeness (QED) is 0.758. The van der Waals surface area contributed by atoms with Gasteiger partial charge in [-0.3, -0.25) is 0 Å². The van der Waals surface area contributed by atoms with E-state index in [2.05, 4.69) is 37.3 Å². The lowest BCUT2D eigenvalue weighted by molar-refractivity contribution is 0.570. The van der Waals surface area contributed by atoms with Gasteiger partial charge < -0.3 is 10.6 Å². The van der Waals surface area contributed by atoms with Crippen molar-refractivity contribution in [2.45, 2.75) is 45.6 Å². The highest BCUT2D eigenvalue weighted by atomic mass is 32.2. The second-order valence-electron chi connectivity index (χ2n) is 5.86. The van der Waals surface area contributed by atoms with Gasteiger partial charge in [0.2, 0.25) is 10.0 Å². The highest BCUT2D eigenvalue weighted by molar-refractivity contribution is 7.89. The van der Waals surface area contributed by atoms with Gasteiger partial charge in [0.05, 0.1) is 16.3 Å². The average Bonchev–Trinajstić information content (AvgIpc) is 2.36. The zero-order valence-corrected chi connectivity index (χ0v) is 14.4. The molecule has 0 aromatic heterocycles. The normalized spacial score (nSPS) is 12.1. The van der Waals surface area contributed by atoms with Crippen molar-refractivity contribution in [3.05, 3.63) is 18.2 Å². The molecule has 0 radical (unpaired) electrons. The van der Waals surface area contributed by atoms with Crippen LogP contribution in [0.4, 0.5) is 11.4 Å². The zero-order valence-electron chi connectivity index (χ0n) is 13.6. The van der Waals surface area contributed by atoms with Crippen molar-refractivity contribution in [1.82, 2.24) is 4.72 Å². The topological polar surface area (TPSA) is 75.4 Å². The number of nitrogens with zero attached hydrogens (tertiary/aromatic N) is 1. The third kappa shape index (κ3) is 4.61. The molecule has 0 saturated carbocycles. The summed E-state index contributed by atoms with van der Waals surface area (Å²) in [7, 11) is -3.47. The van der Waals surface area contributed by atoms with Crippen LogP contribution in [-0.2, 0) is 10.0 Å². The molecule has 1 aromatic rings. The SMILES string of the molecule is CCNS(=O)(=O)c1ccc(N)c(N(CC(C)C)C(C)C)c1. The molecule has 120 valence electrons. The fourth-order valence-corrected chi connectivity index (χ4v) is 3.25. The Balaban J connectivity index is 3.28. The molecule has 21 heavy (non-hydrogen) atoms. The van der Waals surface area contributed by atoms with Crippen molar-refractivity contribution < 1.29 is 8.42 Å². The van der Waals surface area contributed by atoms with E-state index in [1.54, 1.807) is 25.1 Å². The molecule has 0 heterocycles. The Morgan fingerprint density at radius 2 is 1.86 bits per heavy atom. The maximum Gasteiger partial charge on any atom is 0.240 e. The average molecular weight is 313 g/mol. The van der Waals surface area contributed by atoms with Gasteiger partial charge in [-0.05, 0) is 38.0 Å². The van der Waals surface area contributed by atoms with Crippen molar-refractivity contribution in [3.63, 3.8) is 0 Å². The number of nitrogens with two attached hydrogens (primary N) is 1. The Morgan fingerprint density at radius 3 is 2.33 bits per heavy atom. The third-order valence-electron chi connectivity index (χ3n) is 3.14. The molecular weight excluding hydrogens is 286 g/mol. The number of rotatable bonds is 7. The molecule has 1 aromatic carbocycles. The molecule has 0 aliphatic heterocycles. The lowest BCUT2D eigenvalue weighted by Crippen LogP contribution is -2.35. The van der Waals surface area contributed by atoms with Crippen LogP contribution < -0.4 is 15.4 Å². The van der Waals surface area contributed by atoms with Gasteiger partial charge in [-0.1, -0.05) is 20.8 Å². The monoisotopic (exact) mass is 313 g/mol. The van der Waals surface area contributed by atoms with E-state index in [4.69, 9.17) is 5.73 Å². The Labute approximate surface area is 128 Å². The molecule has 5 nitrogen and oxygen atoms in total. The van der Waals surface area contributed by atoms with E-state index >= 15 is 0 Å². The van der Waals surface area contributed by atoms with Gasteiger partial charge in [-0.2, -0.15) is 0 Å². The molecule has 0 amide bonds. The molecule has 6 heteroatoms. The number of nitrogens with one attached hydrogen (secondary N) is 1. The van der Waals surface area contributed by atoms with Gasteiger partial charge in [-0.15, -0.1) is 0 Å². The summed E-state index contributed by atoms with van der Waals surface area (Å²) in [6, 6.07) is 5.11. The molecule has 0 unspecified atom stereocenters. The van der Waals surface area contributed by atoms with E-state index in [0.29, 0.717) is 18.2 Å². The summed E-state index contributed by atoms with van der Waals surface area (Å²) in [5.74, 6) is 0.459. The van der Waals surface area contributed by atoms with Gasteiger partial charge in [0.1, 0.15) is 0 Å². The van der Waals surface area contributed by atoms with E-state index in [1.165, 1.54) is 0 Å². The van der Waals surface area contributed by atoms with Crippen molar-refractivity contribution in [2.24, 2.45) is 5.92 Å². The highest BCUT2D eigenvalue weighted by Crippen LogP contribution is 2.29. The molecule has 1 rings (SSSR count). The van der Waals surface area contributed by atoms with E-state index < -0.39 is 10.0 Å². The molecule has 0 aliphatic carbocycles. The summed E-state index contributed by atoms with van der Waals surface area (Å²) < 4.78 is 26.8. The van der Waals surface area contributed by atoms with Crippen LogP contribution >= 0.6 is 0 Å². The van der Waals surface area contributed by atoms with Crippen molar-refractivity contribution in [2.75, 3.05) is 23.7 Å². The Kier molecular flexibility index (Phi) is 6.04. The van der Waals surface area contributed by atoms with Crippen LogP contribution in [0.15, 0.2) is 23.1 Å². The minimum atomic E-state index is -3.47. The summed E-state index contributed by atoms with van der Waals surface area (Å²) in [6.45, 7) is 11.4. The fraction of sp³-hybridized carbons (Fsp3) is 0.600. The van der Waals surface area contributed by atoms with E-state index in [-0.39, 0.29) is 10.9 Å². The largest absolute Gasteiger partial charge is 0.397 e. The molecule has 0 atom stereocenters. The fourth-order valence-electron chi connectivity index (χ4n) is 2.19. The van der Waals surface area contributed by atoms with Crippen molar-refractivity contribution >= 4 is 21.4 Å². The van der Waals surface area contributed by atoms with Crippen LogP contribution in [0.2, 0.25) is 0 Å². The van der Waals surface area contributed by atoms with Gasteiger partial charge >= 0.3 is 0 Å². The second kappa shape index (κ2) is 7.13. The summed E-state index contributed by atoms with van der Waals surface area (Å²) in [5, 5.41) is 0. The molecule has 0 fully saturated rings.